The number of aromatic nitrogens is 1. The average molecular weight is 385 g/mol. The molecule has 1 aromatic heterocycles. The van der Waals surface area contributed by atoms with E-state index < -0.39 is 10.4 Å². The predicted octanol–water partition coefficient (Wildman–Crippen LogP) is 2.94. The molecule has 0 amide bonds. The summed E-state index contributed by atoms with van der Waals surface area (Å²) in [5.41, 5.74) is 2.64. The van der Waals surface area contributed by atoms with Crippen LogP contribution in [0.2, 0.25) is 0 Å². The molecule has 0 radical (unpaired) electrons. The molecule has 136 valence electrons. The van der Waals surface area contributed by atoms with Gasteiger partial charge in [0.15, 0.2) is 0 Å². The van der Waals surface area contributed by atoms with Gasteiger partial charge in [-0.2, -0.15) is 8.42 Å². The monoisotopic (exact) mass is 385 g/mol. The molecule has 0 aliphatic rings. The molecular weight excluding hydrogens is 364 g/mol. The number of thiazole rings is 1. The highest BCUT2D eigenvalue weighted by molar-refractivity contribution is 7.80. The number of nitrogens with zero attached hydrogens (tertiary/aromatic N) is 4. The Morgan fingerprint density at radius 3 is 2.68 bits per heavy atom. The van der Waals surface area contributed by atoms with Gasteiger partial charge in [-0.05, 0) is 54.1 Å². The standard InChI is InChI=1S/C15H20N4O4S2/c1-4-19(7-9-23-25(20,21)22)13-5-6-14(12(2)11-13)16-17-15-18(3)8-10-24-15/h5-6,8,10-11H,4,7,9H2,1-3H3/p+1. The highest BCUT2D eigenvalue weighted by Gasteiger charge is 2.11. The second-order valence-electron chi connectivity index (χ2n) is 5.30. The molecule has 2 aromatic rings. The molecule has 2 rings (SSSR count). The first-order valence-corrected chi connectivity index (χ1v) is 9.87. The van der Waals surface area contributed by atoms with E-state index >= 15 is 0 Å². The largest absolute Gasteiger partial charge is 0.408 e. The van der Waals surface area contributed by atoms with Crippen molar-refractivity contribution in [2.75, 3.05) is 24.6 Å². The smallest absolute Gasteiger partial charge is 0.369 e. The first kappa shape index (κ1) is 19.4. The quantitative estimate of drug-likeness (QED) is 0.428. The van der Waals surface area contributed by atoms with Crippen molar-refractivity contribution in [3.8, 4) is 0 Å². The maximum atomic E-state index is 10.6. The fraction of sp³-hybridized carbons (Fsp3) is 0.400. The summed E-state index contributed by atoms with van der Waals surface area (Å²) in [7, 11) is -2.50. The lowest BCUT2D eigenvalue weighted by molar-refractivity contribution is -0.654. The van der Waals surface area contributed by atoms with Crippen molar-refractivity contribution < 1.29 is 21.7 Å². The molecule has 0 aliphatic carbocycles. The number of azo groups is 1. The van der Waals surface area contributed by atoms with Crippen LogP contribution in [-0.2, 0) is 21.6 Å². The van der Waals surface area contributed by atoms with Crippen LogP contribution in [0.1, 0.15) is 12.5 Å². The number of aryl methyl sites for hydroxylation is 2. The third-order valence-electron chi connectivity index (χ3n) is 3.52. The number of hydrogen-bond donors (Lipinski definition) is 1. The topological polar surface area (TPSA) is 95.4 Å². The van der Waals surface area contributed by atoms with E-state index in [0.717, 1.165) is 22.1 Å². The van der Waals surface area contributed by atoms with Crippen molar-refractivity contribution in [1.82, 2.24) is 0 Å². The minimum Gasteiger partial charge on any atom is -0.369 e. The molecule has 0 saturated heterocycles. The fourth-order valence-corrected chi connectivity index (χ4v) is 3.16. The van der Waals surface area contributed by atoms with Gasteiger partial charge in [-0.25, -0.2) is 8.75 Å². The second-order valence-corrected chi connectivity index (χ2v) is 7.26. The normalized spacial score (nSPS) is 12.0. The van der Waals surface area contributed by atoms with Crippen LogP contribution in [0.25, 0.3) is 0 Å². The van der Waals surface area contributed by atoms with Crippen LogP contribution in [0.5, 0.6) is 0 Å². The lowest BCUT2D eigenvalue weighted by Gasteiger charge is -2.23. The van der Waals surface area contributed by atoms with Gasteiger partial charge in [-0.3, -0.25) is 4.55 Å². The van der Waals surface area contributed by atoms with E-state index in [1.54, 1.807) is 0 Å². The van der Waals surface area contributed by atoms with Crippen LogP contribution < -0.4 is 9.47 Å². The Morgan fingerprint density at radius 2 is 2.12 bits per heavy atom. The summed E-state index contributed by atoms with van der Waals surface area (Å²) >= 11 is 1.51. The average Bonchev–Trinajstić information content (AvgIpc) is 2.94. The van der Waals surface area contributed by atoms with Crippen molar-refractivity contribution in [2.24, 2.45) is 17.3 Å². The molecule has 25 heavy (non-hydrogen) atoms. The lowest BCUT2D eigenvalue weighted by Crippen LogP contribution is -2.28. The van der Waals surface area contributed by atoms with Gasteiger partial charge in [0.05, 0.1) is 18.8 Å². The van der Waals surface area contributed by atoms with Gasteiger partial charge in [0.2, 0.25) is 0 Å². The molecule has 0 unspecified atom stereocenters. The Balaban J connectivity index is 2.09. The summed E-state index contributed by atoms with van der Waals surface area (Å²) in [6.07, 6.45) is 1.92. The summed E-state index contributed by atoms with van der Waals surface area (Å²) in [5.74, 6) is 0. The number of benzene rings is 1. The Bertz CT molecular complexity index is 849. The molecule has 0 saturated carbocycles. The zero-order chi connectivity index (χ0) is 18.4. The van der Waals surface area contributed by atoms with Gasteiger partial charge in [-0.15, -0.1) is 0 Å². The van der Waals surface area contributed by atoms with Crippen molar-refractivity contribution in [1.29, 1.82) is 0 Å². The summed E-state index contributed by atoms with van der Waals surface area (Å²) in [6, 6.07) is 5.72. The van der Waals surface area contributed by atoms with E-state index in [1.165, 1.54) is 11.3 Å². The van der Waals surface area contributed by atoms with E-state index in [1.807, 2.05) is 60.1 Å². The molecular formula is C15H21N4O4S2+. The van der Waals surface area contributed by atoms with Gasteiger partial charge in [-0.1, -0.05) is 0 Å². The maximum Gasteiger partial charge on any atom is 0.408 e. The maximum absolute atomic E-state index is 10.6. The summed E-state index contributed by atoms with van der Waals surface area (Å²) < 4.78 is 36.1. The van der Waals surface area contributed by atoms with E-state index in [0.29, 0.717) is 13.1 Å². The van der Waals surface area contributed by atoms with Gasteiger partial charge >= 0.3 is 15.5 Å². The van der Waals surface area contributed by atoms with Crippen molar-refractivity contribution in [3.05, 3.63) is 35.3 Å². The zero-order valence-electron chi connectivity index (χ0n) is 14.3. The van der Waals surface area contributed by atoms with Crippen LogP contribution in [0.4, 0.5) is 16.5 Å². The van der Waals surface area contributed by atoms with Crippen LogP contribution >= 0.6 is 11.3 Å². The lowest BCUT2D eigenvalue weighted by atomic mass is 10.1. The van der Waals surface area contributed by atoms with Crippen LogP contribution in [0.3, 0.4) is 0 Å². The first-order valence-electron chi connectivity index (χ1n) is 7.62. The molecule has 8 nitrogen and oxygen atoms in total. The summed E-state index contributed by atoms with van der Waals surface area (Å²) in [5, 5.41) is 11.3. The molecule has 0 bridgehead atoms. The third-order valence-corrected chi connectivity index (χ3v) is 4.83. The van der Waals surface area contributed by atoms with Gasteiger partial charge in [0.1, 0.15) is 11.9 Å². The van der Waals surface area contributed by atoms with Gasteiger partial charge in [0, 0.05) is 24.2 Å². The Morgan fingerprint density at radius 1 is 1.36 bits per heavy atom. The van der Waals surface area contributed by atoms with Crippen LogP contribution in [-0.4, -0.2) is 32.7 Å². The summed E-state index contributed by atoms with van der Waals surface area (Å²) in [4.78, 5) is 1.94. The SMILES string of the molecule is CCN(CCOS(=O)(=O)O)c1ccc(N=Nc2scc[n+]2C)c(C)c1. The number of rotatable bonds is 8. The first-order chi connectivity index (χ1) is 11.8. The van der Waals surface area contributed by atoms with E-state index in [9.17, 15) is 8.42 Å². The third kappa shape index (κ3) is 5.85. The Kier molecular flexibility index (Phi) is 6.59. The van der Waals surface area contributed by atoms with Gasteiger partial charge in [0.25, 0.3) is 0 Å². The van der Waals surface area contributed by atoms with E-state index in [-0.39, 0.29) is 6.61 Å². The minimum atomic E-state index is -4.41. The van der Waals surface area contributed by atoms with Crippen LogP contribution in [0.15, 0.2) is 40.0 Å². The molecule has 1 N–H and O–H groups in total. The Hall–Kier alpha value is -1.88. The van der Waals surface area contributed by atoms with Crippen LogP contribution in [0, 0.1) is 6.92 Å². The number of anilines is 1. The van der Waals surface area contributed by atoms with Gasteiger partial charge < -0.3 is 4.90 Å². The number of likely N-dealkylation sites (N-methyl/N-ethyl adjacent to an activating group) is 1. The molecule has 1 aromatic carbocycles. The highest BCUT2D eigenvalue weighted by Crippen LogP contribution is 2.26. The van der Waals surface area contributed by atoms with Crippen molar-refractivity contribution >= 4 is 38.2 Å². The molecule has 1 heterocycles. The van der Waals surface area contributed by atoms with Crippen molar-refractivity contribution in [2.45, 2.75) is 13.8 Å². The summed E-state index contributed by atoms with van der Waals surface area (Å²) in [6.45, 7) is 4.77. The number of hydrogen-bond acceptors (Lipinski definition) is 7. The predicted molar refractivity (Wildman–Crippen MR) is 96.2 cm³/mol. The minimum absolute atomic E-state index is 0.123. The molecule has 0 aliphatic heterocycles. The second kappa shape index (κ2) is 8.48. The Labute approximate surface area is 151 Å². The zero-order valence-corrected chi connectivity index (χ0v) is 15.9. The fourth-order valence-electron chi connectivity index (χ4n) is 2.19. The van der Waals surface area contributed by atoms with E-state index in [4.69, 9.17) is 4.55 Å². The van der Waals surface area contributed by atoms with Crippen molar-refractivity contribution in [3.63, 3.8) is 0 Å². The highest BCUT2D eigenvalue weighted by atomic mass is 32.3. The van der Waals surface area contributed by atoms with E-state index in [2.05, 4.69) is 14.4 Å². The molecule has 0 atom stereocenters. The molecule has 0 spiro atoms. The molecule has 0 fully saturated rings. The molecule has 10 heteroatoms.